The Morgan fingerprint density at radius 2 is 1.89 bits per heavy atom. The quantitative estimate of drug-likeness (QED) is 0.538. The van der Waals surface area contributed by atoms with Crippen LogP contribution in [0.15, 0.2) is 52.2 Å². The maximum absolute atomic E-state index is 12.6. The highest BCUT2D eigenvalue weighted by atomic mass is 32.2. The first-order valence-corrected chi connectivity index (χ1v) is 11.5. The number of methoxy groups -OCH3 is 1. The summed E-state index contributed by atoms with van der Waals surface area (Å²) in [4.78, 5) is 12.2. The SMILES string of the molecule is CCCn1c(=O)sc2cc(S(=O)(=O)NCCCc3ccc(OC)cc3)ccc21. The van der Waals surface area contributed by atoms with Crippen molar-refractivity contribution in [1.82, 2.24) is 9.29 Å². The predicted molar refractivity (Wildman–Crippen MR) is 113 cm³/mol. The number of rotatable bonds is 9. The summed E-state index contributed by atoms with van der Waals surface area (Å²) in [5.41, 5.74) is 1.92. The second kappa shape index (κ2) is 8.89. The third-order valence-corrected chi connectivity index (χ3v) is 6.89. The van der Waals surface area contributed by atoms with Gasteiger partial charge in [0.2, 0.25) is 10.0 Å². The van der Waals surface area contributed by atoms with E-state index in [0.717, 1.165) is 41.0 Å². The first-order valence-electron chi connectivity index (χ1n) is 9.20. The molecule has 0 fully saturated rings. The first kappa shape index (κ1) is 20.6. The number of aromatic nitrogens is 1. The summed E-state index contributed by atoms with van der Waals surface area (Å²) < 4.78 is 35.3. The van der Waals surface area contributed by atoms with E-state index in [1.165, 1.54) is 0 Å². The topological polar surface area (TPSA) is 77.4 Å². The van der Waals surface area contributed by atoms with Crippen LogP contribution in [0.5, 0.6) is 5.75 Å². The Bertz CT molecular complexity index is 1100. The van der Waals surface area contributed by atoms with E-state index in [1.807, 2.05) is 31.2 Å². The largest absolute Gasteiger partial charge is 0.497 e. The van der Waals surface area contributed by atoms with Gasteiger partial charge in [0.15, 0.2) is 0 Å². The Kier molecular flexibility index (Phi) is 6.53. The minimum atomic E-state index is -3.61. The van der Waals surface area contributed by atoms with Crippen molar-refractivity contribution >= 4 is 31.6 Å². The molecule has 0 aliphatic rings. The number of hydrogen-bond acceptors (Lipinski definition) is 5. The lowest BCUT2D eigenvalue weighted by molar-refractivity contribution is 0.414. The summed E-state index contributed by atoms with van der Waals surface area (Å²) in [5, 5.41) is 0. The number of sulfonamides is 1. The zero-order valence-electron chi connectivity index (χ0n) is 16.0. The Morgan fingerprint density at radius 1 is 1.14 bits per heavy atom. The minimum absolute atomic E-state index is 0.0566. The molecule has 6 nitrogen and oxygen atoms in total. The lowest BCUT2D eigenvalue weighted by Crippen LogP contribution is -2.25. The Hall–Kier alpha value is -2.16. The second-order valence-electron chi connectivity index (χ2n) is 6.50. The number of thiazole rings is 1. The van der Waals surface area contributed by atoms with Gasteiger partial charge in [0, 0.05) is 13.1 Å². The molecule has 28 heavy (non-hydrogen) atoms. The summed E-state index contributed by atoms with van der Waals surface area (Å²) in [7, 11) is -1.98. The van der Waals surface area contributed by atoms with Gasteiger partial charge in [-0.2, -0.15) is 0 Å². The highest BCUT2D eigenvalue weighted by Gasteiger charge is 2.16. The molecule has 0 amide bonds. The molecule has 3 rings (SSSR count). The van der Waals surface area contributed by atoms with E-state index in [2.05, 4.69) is 4.72 Å². The number of fused-ring (bicyclic) bond motifs is 1. The van der Waals surface area contributed by atoms with Crippen LogP contribution in [0.1, 0.15) is 25.3 Å². The highest BCUT2D eigenvalue weighted by Crippen LogP contribution is 2.22. The van der Waals surface area contributed by atoms with E-state index in [-0.39, 0.29) is 9.77 Å². The number of ether oxygens (including phenoxy) is 1. The average Bonchev–Trinajstić information content (AvgIpc) is 3.01. The third-order valence-electron chi connectivity index (χ3n) is 4.49. The number of benzene rings is 2. The van der Waals surface area contributed by atoms with E-state index in [4.69, 9.17) is 4.74 Å². The standard InChI is InChI=1S/C20H24N2O4S2/c1-3-13-22-18-11-10-17(14-19(18)27-20(22)23)28(24,25)21-12-4-5-15-6-8-16(26-2)9-7-15/h6-11,14,21H,3-5,12-13H2,1-2H3. The molecule has 1 heterocycles. The molecule has 0 spiro atoms. The number of aryl methyl sites for hydroxylation is 2. The van der Waals surface area contributed by atoms with Crippen LogP contribution in [-0.4, -0.2) is 26.6 Å². The second-order valence-corrected chi connectivity index (χ2v) is 9.26. The lowest BCUT2D eigenvalue weighted by atomic mass is 10.1. The fourth-order valence-corrected chi connectivity index (χ4v) is 5.15. The van der Waals surface area contributed by atoms with E-state index in [0.29, 0.717) is 24.2 Å². The average molecular weight is 421 g/mol. The molecule has 0 unspecified atom stereocenters. The van der Waals surface area contributed by atoms with E-state index >= 15 is 0 Å². The van der Waals surface area contributed by atoms with Crippen molar-refractivity contribution in [2.75, 3.05) is 13.7 Å². The Labute approximate surface area is 168 Å². The number of nitrogens with zero attached hydrogens (tertiary/aromatic N) is 1. The van der Waals surface area contributed by atoms with Crippen molar-refractivity contribution in [3.8, 4) is 5.75 Å². The smallest absolute Gasteiger partial charge is 0.308 e. The van der Waals surface area contributed by atoms with Crippen LogP contribution < -0.4 is 14.3 Å². The molecular formula is C20H24N2O4S2. The van der Waals surface area contributed by atoms with Gasteiger partial charge < -0.3 is 4.74 Å². The van der Waals surface area contributed by atoms with Gasteiger partial charge in [-0.1, -0.05) is 30.4 Å². The van der Waals surface area contributed by atoms with Crippen molar-refractivity contribution in [2.45, 2.75) is 37.6 Å². The van der Waals surface area contributed by atoms with E-state index in [1.54, 1.807) is 29.9 Å². The zero-order chi connectivity index (χ0) is 20.1. The summed E-state index contributed by atoms with van der Waals surface area (Å²) in [6.07, 6.45) is 2.31. The molecule has 0 aliphatic heterocycles. The van der Waals surface area contributed by atoms with Crippen LogP contribution in [0.2, 0.25) is 0 Å². The van der Waals surface area contributed by atoms with Gasteiger partial charge in [-0.15, -0.1) is 0 Å². The van der Waals surface area contributed by atoms with E-state index < -0.39 is 10.0 Å². The molecule has 0 aliphatic carbocycles. The van der Waals surface area contributed by atoms with Gasteiger partial charge in [-0.25, -0.2) is 13.1 Å². The summed E-state index contributed by atoms with van der Waals surface area (Å²) >= 11 is 1.08. The van der Waals surface area contributed by atoms with Crippen molar-refractivity contribution in [1.29, 1.82) is 0 Å². The fraction of sp³-hybridized carbons (Fsp3) is 0.350. The monoisotopic (exact) mass is 420 g/mol. The normalized spacial score (nSPS) is 11.8. The van der Waals surface area contributed by atoms with Gasteiger partial charge in [0.1, 0.15) is 5.75 Å². The molecule has 0 atom stereocenters. The summed E-state index contributed by atoms with van der Waals surface area (Å²) in [6.45, 7) is 2.98. The molecule has 1 aromatic heterocycles. The van der Waals surface area contributed by atoms with Gasteiger partial charge >= 0.3 is 4.87 Å². The molecule has 150 valence electrons. The first-order chi connectivity index (χ1) is 13.4. The maximum Gasteiger partial charge on any atom is 0.308 e. The van der Waals surface area contributed by atoms with Crippen LogP contribution in [-0.2, 0) is 23.0 Å². The molecule has 0 saturated carbocycles. The molecule has 1 N–H and O–H groups in total. The zero-order valence-corrected chi connectivity index (χ0v) is 17.6. The predicted octanol–water partition coefficient (Wildman–Crippen LogP) is 3.39. The molecule has 3 aromatic rings. The summed E-state index contributed by atoms with van der Waals surface area (Å²) in [5.74, 6) is 0.801. The Balaban J connectivity index is 1.64. The summed E-state index contributed by atoms with van der Waals surface area (Å²) in [6, 6.07) is 12.6. The van der Waals surface area contributed by atoms with Crippen molar-refractivity contribution in [2.24, 2.45) is 0 Å². The maximum atomic E-state index is 12.6. The Morgan fingerprint density at radius 3 is 2.57 bits per heavy atom. The highest BCUT2D eigenvalue weighted by molar-refractivity contribution is 7.89. The van der Waals surface area contributed by atoms with Gasteiger partial charge in [0.25, 0.3) is 0 Å². The molecule has 2 aromatic carbocycles. The van der Waals surface area contributed by atoms with Gasteiger partial charge in [0.05, 0.1) is 22.2 Å². The fourth-order valence-electron chi connectivity index (χ4n) is 3.02. The van der Waals surface area contributed by atoms with Crippen molar-refractivity contribution in [3.63, 3.8) is 0 Å². The van der Waals surface area contributed by atoms with Crippen LogP contribution in [0, 0.1) is 0 Å². The van der Waals surface area contributed by atoms with Crippen LogP contribution in [0.25, 0.3) is 10.2 Å². The van der Waals surface area contributed by atoms with Crippen LogP contribution in [0.3, 0.4) is 0 Å². The number of hydrogen-bond donors (Lipinski definition) is 1. The lowest BCUT2D eigenvalue weighted by Gasteiger charge is -2.08. The molecule has 0 radical (unpaired) electrons. The van der Waals surface area contributed by atoms with E-state index in [9.17, 15) is 13.2 Å². The molecule has 8 heteroatoms. The molecule has 0 saturated heterocycles. The minimum Gasteiger partial charge on any atom is -0.497 e. The van der Waals surface area contributed by atoms with Crippen molar-refractivity contribution < 1.29 is 13.2 Å². The van der Waals surface area contributed by atoms with Gasteiger partial charge in [-0.3, -0.25) is 9.36 Å². The van der Waals surface area contributed by atoms with Crippen LogP contribution in [0.4, 0.5) is 0 Å². The van der Waals surface area contributed by atoms with Crippen molar-refractivity contribution in [3.05, 3.63) is 57.7 Å². The third kappa shape index (κ3) is 4.63. The molecular weight excluding hydrogens is 396 g/mol. The van der Waals surface area contributed by atoms with Gasteiger partial charge in [-0.05, 0) is 55.2 Å². The molecule has 0 bridgehead atoms. The number of nitrogens with one attached hydrogen (secondary N) is 1. The van der Waals surface area contributed by atoms with Crippen LogP contribution >= 0.6 is 11.3 Å².